The van der Waals surface area contributed by atoms with E-state index in [1.54, 1.807) is 18.5 Å². The summed E-state index contributed by atoms with van der Waals surface area (Å²) in [5, 5.41) is 12.7. The van der Waals surface area contributed by atoms with Crippen LogP contribution in [0.5, 0.6) is 0 Å². The number of hydrogen-bond donors (Lipinski definition) is 3. The molecule has 0 saturated heterocycles. The number of hydrogen-bond acceptors (Lipinski definition) is 4. The Balaban J connectivity index is -0.000000319. The van der Waals surface area contributed by atoms with E-state index in [-0.39, 0.29) is 0 Å². The topological polar surface area (TPSA) is 60.3 Å². The Morgan fingerprint density at radius 2 is 1.74 bits per heavy atom. The minimum Gasteiger partial charge on any atom is -0.392 e. The first kappa shape index (κ1) is 46.4. The molecule has 0 aromatic heterocycles. The number of aliphatic imine (C=N–C) groups is 1. The number of unbranched alkanes of at least 4 members (excludes halogenated alkanes) is 1. The zero-order chi connectivity index (χ0) is 34.2. The quantitative estimate of drug-likeness (QED) is 0.137. The first-order valence-electron chi connectivity index (χ1n) is 14.9. The minimum atomic E-state index is -1.06. The fourth-order valence-corrected chi connectivity index (χ4v) is 2.80. The lowest BCUT2D eigenvalue weighted by molar-refractivity contribution is 0.418. The molecule has 0 heterocycles. The molecule has 3 N–H and O–H groups in total. The molecule has 0 aliphatic heterocycles. The van der Waals surface area contributed by atoms with Crippen molar-refractivity contribution in [2.75, 3.05) is 20.8 Å². The van der Waals surface area contributed by atoms with Crippen LogP contribution >= 0.6 is 0 Å². The first-order valence-corrected chi connectivity index (χ1v) is 14.9. The van der Waals surface area contributed by atoms with Crippen molar-refractivity contribution in [3.63, 3.8) is 0 Å². The highest BCUT2D eigenvalue weighted by molar-refractivity contribution is 5.55. The van der Waals surface area contributed by atoms with E-state index in [0.29, 0.717) is 19.3 Å². The minimum absolute atomic E-state index is 0.461. The van der Waals surface area contributed by atoms with E-state index in [1.807, 2.05) is 46.0 Å². The lowest BCUT2D eigenvalue weighted by Crippen LogP contribution is -2.17. The molecule has 0 bridgehead atoms. The monoisotopic (exact) mass is 600 g/mol. The van der Waals surface area contributed by atoms with Gasteiger partial charge in [0.15, 0.2) is 0 Å². The highest BCUT2D eigenvalue weighted by atomic mass is 19.1. The van der Waals surface area contributed by atoms with Crippen LogP contribution in [0.15, 0.2) is 113 Å². The van der Waals surface area contributed by atoms with Crippen LogP contribution in [0.3, 0.4) is 0 Å². The second-order valence-corrected chi connectivity index (χ2v) is 9.49. The SMILES string of the molecule is C/C=C(\C)NC.C=C(NC/C(C=CCC)=C/C(=C)C(C)F)C(=C)/C(=C\N=CC)CC.C=C1C=C(C)C1.CCCC=N.CF. The van der Waals surface area contributed by atoms with Gasteiger partial charge in [-0.2, -0.15) is 0 Å². The van der Waals surface area contributed by atoms with E-state index in [1.165, 1.54) is 30.0 Å². The molecule has 43 heavy (non-hydrogen) atoms. The van der Waals surface area contributed by atoms with Gasteiger partial charge in [-0.15, -0.1) is 0 Å². The van der Waals surface area contributed by atoms with Crippen LogP contribution in [-0.4, -0.2) is 39.4 Å². The van der Waals surface area contributed by atoms with Gasteiger partial charge in [-0.25, -0.2) is 4.39 Å². The van der Waals surface area contributed by atoms with Gasteiger partial charge in [-0.1, -0.05) is 95.0 Å². The molecule has 4 nitrogen and oxygen atoms in total. The molecule has 0 amide bonds. The zero-order valence-corrected chi connectivity index (χ0v) is 29.0. The first-order chi connectivity index (χ1) is 20.4. The Hall–Kier alpha value is -3.54. The molecule has 0 aromatic carbocycles. The molecule has 1 atom stereocenters. The third-order valence-corrected chi connectivity index (χ3v) is 5.68. The van der Waals surface area contributed by atoms with Gasteiger partial charge in [0.1, 0.15) is 6.17 Å². The van der Waals surface area contributed by atoms with E-state index in [9.17, 15) is 8.78 Å². The van der Waals surface area contributed by atoms with Gasteiger partial charge in [-0.05, 0) is 88.8 Å². The molecule has 0 radical (unpaired) electrons. The maximum Gasteiger partial charge on any atom is 0.122 e. The second kappa shape index (κ2) is 33.0. The molecule has 0 aromatic rings. The van der Waals surface area contributed by atoms with Crippen LogP contribution in [0.4, 0.5) is 8.78 Å². The lowest BCUT2D eigenvalue weighted by atomic mass is 9.96. The van der Waals surface area contributed by atoms with Gasteiger partial charge in [0, 0.05) is 37.4 Å². The summed E-state index contributed by atoms with van der Waals surface area (Å²) < 4.78 is 22.8. The summed E-state index contributed by atoms with van der Waals surface area (Å²) in [5.41, 5.74) is 7.96. The molecule has 0 fully saturated rings. The molecule has 0 saturated carbocycles. The predicted octanol–water partition coefficient (Wildman–Crippen LogP) is 10.9. The summed E-state index contributed by atoms with van der Waals surface area (Å²) in [7, 11) is 2.41. The maximum absolute atomic E-state index is 13.3. The van der Waals surface area contributed by atoms with Crippen molar-refractivity contribution in [2.24, 2.45) is 4.99 Å². The highest BCUT2D eigenvalue weighted by Crippen LogP contribution is 2.21. The van der Waals surface area contributed by atoms with Crippen molar-refractivity contribution >= 4 is 12.4 Å². The number of halogens is 2. The summed E-state index contributed by atoms with van der Waals surface area (Å²) in [5.74, 6) is 0. The molecule has 0 spiro atoms. The van der Waals surface area contributed by atoms with Gasteiger partial charge in [0.05, 0.1) is 7.18 Å². The number of rotatable bonds is 14. The fourth-order valence-electron chi connectivity index (χ4n) is 2.80. The van der Waals surface area contributed by atoms with Crippen LogP contribution in [0.25, 0.3) is 0 Å². The average molecular weight is 601 g/mol. The zero-order valence-electron chi connectivity index (χ0n) is 29.0. The standard InChI is InChI=1S/C21H31FN2.C6H8.C5H11N.C4H9N.CH3F/c1-8-11-12-20(13-16(4)18(6)22)14-24-19(7)17(5)21(9-2)15-23-10-3;1-5-3-6(2)4-5;1-4-5(2)6-3;1-2-3-4-5;1-2/h10-13,15,18,24H,4-5,7-9,14H2,1-3,6H3;3H,1,4H2,2H3;4,6H,1-3H3;4-5H,2-3H2,1H3;1H3/b12-11?,20-13+,21-15-,23-10?;;5-4+;;. The molecule has 6 heteroatoms. The second-order valence-electron chi connectivity index (χ2n) is 9.49. The van der Waals surface area contributed by atoms with Crippen molar-refractivity contribution in [1.29, 1.82) is 5.41 Å². The molecule has 1 rings (SSSR count). The van der Waals surface area contributed by atoms with Gasteiger partial charge >= 0.3 is 0 Å². The van der Waals surface area contributed by atoms with E-state index in [0.717, 1.165) is 54.5 Å². The largest absolute Gasteiger partial charge is 0.392 e. The Kier molecular flexibility index (Phi) is 35.6. The van der Waals surface area contributed by atoms with E-state index >= 15 is 0 Å². The third kappa shape index (κ3) is 29.7. The van der Waals surface area contributed by atoms with Crippen LogP contribution in [0.1, 0.15) is 87.5 Å². The molecule has 1 unspecified atom stereocenters. The Bertz CT molecular complexity index is 990. The number of nitrogens with zero attached hydrogens (tertiary/aromatic N) is 1. The molecular formula is C37H62F2N4. The van der Waals surface area contributed by atoms with Crippen molar-refractivity contribution in [3.8, 4) is 0 Å². The lowest BCUT2D eigenvalue weighted by Gasteiger charge is -2.15. The van der Waals surface area contributed by atoms with E-state index in [4.69, 9.17) is 5.41 Å². The molecular weight excluding hydrogens is 538 g/mol. The number of nitrogens with one attached hydrogen (secondary N) is 3. The normalized spacial score (nSPS) is 13.3. The average Bonchev–Trinajstić information content (AvgIpc) is 2.99. The predicted molar refractivity (Wildman–Crippen MR) is 193 cm³/mol. The highest BCUT2D eigenvalue weighted by Gasteiger charge is 2.07. The van der Waals surface area contributed by atoms with Gasteiger partial charge in [-0.3, -0.25) is 9.38 Å². The molecule has 1 aliphatic rings. The van der Waals surface area contributed by atoms with Crippen LogP contribution in [-0.2, 0) is 0 Å². The van der Waals surface area contributed by atoms with E-state index in [2.05, 4.69) is 75.7 Å². The summed E-state index contributed by atoms with van der Waals surface area (Å²) in [6.07, 6.45) is 18.8. The van der Waals surface area contributed by atoms with Crippen molar-refractivity contribution in [1.82, 2.24) is 10.6 Å². The number of allylic oxidation sites excluding steroid dienone is 9. The summed E-state index contributed by atoms with van der Waals surface area (Å²) in [6.45, 7) is 31.8. The van der Waals surface area contributed by atoms with Crippen LogP contribution < -0.4 is 10.6 Å². The summed E-state index contributed by atoms with van der Waals surface area (Å²) in [6, 6.07) is 0. The van der Waals surface area contributed by atoms with Crippen LogP contribution in [0, 0.1) is 5.41 Å². The van der Waals surface area contributed by atoms with Crippen molar-refractivity contribution in [3.05, 3.63) is 108 Å². The Morgan fingerprint density at radius 3 is 2.02 bits per heavy atom. The van der Waals surface area contributed by atoms with Gasteiger partial charge < -0.3 is 16.0 Å². The smallest absolute Gasteiger partial charge is 0.122 e. The number of alkyl halides is 2. The van der Waals surface area contributed by atoms with Crippen molar-refractivity contribution < 1.29 is 8.78 Å². The summed E-state index contributed by atoms with van der Waals surface area (Å²) >= 11 is 0. The fraction of sp³-hybridized carbons (Fsp3) is 0.459. The van der Waals surface area contributed by atoms with Crippen molar-refractivity contribution in [2.45, 2.75) is 93.7 Å². The summed E-state index contributed by atoms with van der Waals surface area (Å²) in [4.78, 5) is 4.15. The Labute approximate surface area is 264 Å². The Morgan fingerprint density at radius 1 is 1.16 bits per heavy atom. The van der Waals surface area contributed by atoms with Crippen LogP contribution in [0.2, 0.25) is 0 Å². The van der Waals surface area contributed by atoms with E-state index < -0.39 is 6.17 Å². The maximum atomic E-state index is 13.3. The third-order valence-electron chi connectivity index (χ3n) is 5.68. The molecule has 244 valence electrons. The molecule has 1 aliphatic carbocycles. The van der Waals surface area contributed by atoms with Gasteiger partial charge in [0.25, 0.3) is 0 Å². The van der Waals surface area contributed by atoms with Gasteiger partial charge in [0.2, 0.25) is 0 Å².